The molecular weight excluding hydrogens is 276 g/mol. The van der Waals surface area contributed by atoms with E-state index in [0.717, 1.165) is 31.6 Å². The second-order valence-corrected chi connectivity index (χ2v) is 7.38. The Hall–Kier alpha value is -1.11. The maximum absolute atomic E-state index is 12.6. The second-order valence-electron chi connectivity index (χ2n) is 5.37. The maximum Gasteiger partial charge on any atom is 0.243 e. The van der Waals surface area contributed by atoms with Gasteiger partial charge in [0, 0.05) is 32.5 Å². The van der Waals surface area contributed by atoms with Gasteiger partial charge in [-0.2, -0.15) is 0 Å². The molecule has 1 fully saturated rings. The van der Waals surface area contributed by atoms with Crippen molar-refractivity contribution in [3.05, 3.63) is 23.8 Å². The van der Waals surface area contributed by atoms with Crippen LogP contribution in [0.5, 0.6) is 0 Å². The standard InChI is InChI=1S/C14H22N2O3S/c1-11-3-4-13(15)9-14(11)20(17,18)16(2)10-12-5-7-19-8-6-12/h3-4,9,12H,5-8,10,15H2,1-2H3. The van der Waals surface area contributed by atoms with Crippen molar-refractivity contribution in [2.24, 2.45) is 5.92 Å². The van der Waals surface area contributed by atoms with Crippen molar-refractivity contribution >= 4 is 15.7 Å². The number of ether oxygens (including phenoxy) is 1. The monoisotopic (exact) mass is 298 g/mol. The van der Waals surface area contributed by atoms with Gasteiger partial charge in [0.1, 0.15) is 0 Å². The minimum atomic E-state index is -3.48. The second kappa shape index (κ2) is 6.11. The topological polar surface area (TPSA) is 72.6 Å². The molecule has 1 saturated heterocycles. The first-order valence-electron chi connectivity index (χ1n) is 6.81. The molecule has 0 saturated carbocycles. The van der Waals surface area contributed by atoms with Crippen LogP contribution in [0.1, 0.15) is 18.4 Å². The number of sulfonamides is 1. The molecule has 1 aromatic carbocycles. The van der Waals surface area contributed by atoms with Gasteiger partial charge in [-0.15, -0.1) is 0 Å². The molecule has 20 heavy (non-hydrogen) atoms. The third-order valence-corrected chi connectivity index (χ3v) is 5.72. The van der Waals surface area contributed by atoms with E-state index in [1.165, 1.54) is 10.4 Å². The first-order valence-corrected chi connectivity index (χ1v) is 8.25. The summed E-state index contributed by atoms with van der Waals surface area (Å²) in [5.41, 5.74) is 6.90. The molecule has 2 rings (SSSR count). The first-order chi connectivity index (χ1) is 9.41. The van der Waals surface area contributed by atoms with Crippen molar-refractivity contribution in [1.29, 1.82) is 0 Å². The summed E-state index contributed by atoms with van der Waals surface area (Å²) in [6.45, 7) is 3.75. The molecule has 5 nitrogen and oxygen atoms in total. The third kappa shape index (κ3) is 3.31. The highest BCUT2D eigenvalue weighted by atomic mass is 32.2. The number of nitrogens with two attached hydrogens (primary N) is 1. The number of rotatable bonds is 4. The molecule has 0 radical (unpaired) electrons. The Kier molecular flexibility index (Phi) is 4.67. The van der Waals surface area contributed by atoms with Crippen molar-refractivity contribution in [1.82, 2.24) is 4.31 Å². The fraction of sp³-hybridized carbons (Fsp3) is 0.571. The van der Waals surface area contributed by atoms with Crippen LogP contribution in [0.2, 0.25) is 0 Å². The fourth-order valence-corrected chi connectivity index (χ4v) is 3.96. The van der Waals surface area contributed by atoms with Crippen LogP contribution in [-0.4, -0.2) is 39.5 Å². The normalized spacial score (nSPS) is 17.6. The summed E-state index contributed by atoms with van der Waals surface area (Å²) in [6.07, 6.45) is 1.82. The van der Waals surface area contributed by atoms with Gasteiger partial charge in [-0.05, 0) is 43.4 Å². The van der Waals surface area contributed by atoms with Crippen LogP contribution in [0.3, 0.4) is 0 Å². The summed E-state index contributed by atoms with van der Waals surface area (Å²) in [5, 5.41) is 0. The molecular formula is C14H22N2O3S. The van der Waals surface area contributed by atoms with Gasteiger partial charge in [-0.25, -0.2) is 12.7 Å². The molecule has 0 bridgehead atoms. The van der Waals surface area contributed by atoms with Gasteiger partial charge in [0.25, 0.3) is 0 Å². The average molecular weight is 298 g/mol. The van der Waals surface area contributed by atoms with Gasteiger partial charge >= 0.3 is 0 Å². The predicted molar refractivity (Wildman–Crippen MR) is 79.0 cm³/mol. The number of nitrogen functional groups attached to an aromatic ring is 1. The van der Waals surface area contributed by atoms with Gasteiger partial charge in [0.15, 0.2) is 0 Å². The summed E-state index contributed by atoms with van der Waals surface area (Å²) < 4.78 is 32.0. The Bertz CT molecular complexity index is 566. The lowest BCUT2D eigenvalue weighted by Crippen LogP contribution is -2.34. The van der Waals surface area contributed by atoms with E-state index in [0.29, 0.717) is 23.0 Å². The molecule has 0 aliphatic carbocycles. The lowest BCUT2D eigenvalue weighted by molar-refractivity contribution is 0.0620. The lowest BCUT2D eigenvalue weighted by atomic mass is 10.0. The van der Waals surface area contributed by atoms with E-state index < -0.39 is 10.0 Å². The van der Waals surface area contributed by atoms with Crippen molar-refractivity contribution < 1.29 is 13.2 Å². The van der Waals surface area contributed by atoms with E-state index in [1.807, 2.05) is 0 Å². The minimum Gasteiger partial charge on any atom is -0.399 e. The summed E-state index contributed by atoms with van der Waals surface area (Å²) in [5.74, 6) is 0.366. The van der Waals surface area contributed by atoms with Crippen LogP contribution in [0.4, 0.5) is 5.69 Å². The number of nitrogens with zero attached hydrogens (tertiary/aromatic N) is 1. The Morgan fingerprint density at radius 2 is 2.00 bits per heavy atom. The highest BCUT2D eigenvalue weighted by Gasteiger charge is 2.26. The number of hydrogen-bond donors (Lipinski definition) is 1. The average Bonchev–Trinajstić information content (AvgIpc) is 2.42. The maximum atomic E-state index is 12.6. The van der Waals surface area contributed by atoms with E-state index in [1.54, 1.807) is 26.1 Å². The fourth-order valence-electron chi connectivity index (χ4n) is 2.45. The zero-order valence-corrected chi connectivity index (χ0v) is 12.8. The number of aryl methyl sites for hydroxylation is 1. The predicted octanol–water partition coefficient (Wildman–Crippen LogP) is 1.62. The zero-order chi connectivity index (χ0) is 14.8. The van der Waals surface area contributed by atoms with Gasteiger partial charge in [0.2, 0.25) is 10.0 Å². The van der Waals surface area contributed by atoms with E-state index >= 15 is 0 Å². The SMILES string of the molecule is Cc1ccc(N)cc1S(=O)(=O)N(C)CC1CCOCC1. The van der Waals surface area contributed by atoms with E-state index in [4.69, 9.17) is 10.5 Å². The highest BCUT2D eigenvalue weighted by molar-refractivity contribution is 7.89. The minimum absolute atomic E-state index is 0.298. The summed E-state index contributed by atoms with van der Waals surface area (Å²) in [4.78, 5) is 0.298. The molecule has 1 aliphatic rings. The van der Waals surface area contributed by atoms with Crippen molar-refractivity contribution in [2.45, 2.75) is 24.7 Å². The molecule has 0 unspecified atom stereocenters. The van der Waals surface area contributed by atoms with Crippen LogP contribution in [0, 0.1) is 12.8 Å². The summed E-state index contributed by atoms with van der Waals surface area (Å²) >= 11 is 0. The van der Waals surface area contributed by atoms with E-state index in [2.05, 4.69) is 0 Å². The molecule has 0 atom stereocenters. The molecule has 1 aliphatic heterocycles. The van der Waals surface area contributed by atoms with Crippen molar-refractivity contribution in [3.8, 4) is 0 Å². The summed E-state index contributed by atoms with van der Waals surface area (Å²) in [6, 6.07) is 4.99. The third-order valence-electron chi connectivity index (χ3n) is 3.76. The molecule has 6 heteroatoms. The smallest absolute Gasteiger partial charge is 0.243 e. The lowest BCUT2D eigenvalue weighted by Gasteiger charge is -2.27. The molecule has 112 valence electrons. The van der Waals surface area contributed by atoms with Gasteiger partial charge in [0.05, 0.1) is 4.90 Å². The molecule has 2 N–H and O–H groups in total. The zero-order valence-electron chi connectivity index (χ0n) is 12.0. The van der Waals surface area contributed by atoms with Gasteiger partial charge in [-0.3, -0.25) is 0 Å². The van der Waals surface area contributed by atoms with E-state index in [-0.39, 0.29) is 0 Å². The van der Waals surface area contributed by atoms with Gasteiger partial charge in [-0.1, -0.05) is 6.07 Å². The van der Waals surface area contributed by atoms with Gasteiger partial charge < -0.3 is 10.5 Å². The van der Waals surface area contributed by atoms with E-state index in [9.17, 15) is 8.42 Å². The Morgan fingerprint density at radius 3 is 2.65 bits per heavy atom. The van der Waals surface area contributed by atoms with Crippen LogP contribution in [0.15, 0.2) is 23.1 Å². The largest absolute Gasteiger partial charge is 0.399 e. The number of anilines is 1. The Balaban J connectivity index is 2.18. The number of benzene rings is 1. The van der Waals surface area contributed by atoms with Crippen LogP contribution >= 0.6 is 0 Å². The summed E-state index contributed by atoms with van der Waals surface area (Å²) in [7, 11) is -1.85. The molecule has 0 amide bonds. The van der Waals surface area contributed by atoms with Crippen molar-refractivity contribution in [3.63, 3.8) is 0 Å². The molecule has 0 spiro atoms. The number of hydrogen-bond acceptors (Lipinski definition) is 4. The Labute approximate surface area is 120 Å². The van der Waals surface area contributed by atoms with Crippen LogP contribution < -0.4 is 5.73 Å². The van der Waals surface area contributed by atoms with Crippen molar-refractivity contribution in [2.75, 3.05) is 32.5 Å². The first kappa shape index (κ1) is 15.3. The highest BCUT2D eigenvalue weighted by Crippen LogP contribution is 2.24. The van der Waals surface area contributed by atoms with Crippen LogP contribution in [-0.2, 0) is 14.8 Å². The Morgan fingerprint density at radius 1 is 1.35 bits per heavy atom. The van der Waals surface area contributed by atoms with Crippen LogP contribution in [0.25, 0.3) is 0 Å². The molecule has 1 aromatic rings. The molecule has 0 aromatic heterocycles. The quantitative estimate of drug-likeness (QED) is 0.857. The molecule has 1 heterocycles.